The van der Waals surface area contributed by atoms with E-state index in [1.165, 1.54) is 0 Å². The van der Waals surface area contributed by atoms with Gasteiger partial charge >= 0.3 is 5.97 Å². The first kappa shape index (κ1) is 17.5. The first-order chi connectivity index (χ1) is 10.5. The van der Waals surface area contributed by atoms with Crippen LogP contribution in [0.3, 0.4) is 0 Å². The Balaban J connectivity index is 1.81. The number of thioether (sulfide) groups is 2. The zero-order chi connectivity index (χ0) is 16.0. The van der Waals surface area contributed by atoms with Crippen LogP contribution in [-0.4, -0.2) is 39.8 Å². The van der Waals surface area contributed by atoms with Crippen molar-refractivity contribution in [1.29, 1.82) is 0 Å². The van der Waals surface area contributed by atoms with Gasteiger partial charge in [0.05, 0.1) is 0 Å². The molecule has 2 rings (SSSR count). The Hall–Kier alpha value is -0.850. The van der Waals surface area contributed by atoms with Crippen LogP contribution in [0.2, 0.25) is 5.02 Å². The molecule has 1 heterocycles. The third-order valence-electron chi connectivity index (χ3n) is 3.55. The molecule has 120 valence electrons. The highest BCUT2D eigenvalue weighted by Crippen LogP contribution is 2.28. The molecule has 7 heteroatoms. The fourth-order valence-electron chi connectivity index (χ4n) is 2.23. The molecule has 1 fully saturated rings. The lowest BCUT2D eigenvalue weighted by atomic mass is 9.92. The number of nitrogens with one attached hydrogen (secondary N) is 1. The summed E-state index contributed by atoms with van der Waals surface area (Å²) in [5.41, 5.74) is -1.08. The van der Waals surface area contributed by atoms with Gasteiger partial charge in [-0.05, 0) is 48.6 Å². The minimum Gasteiger partial charge on any atom is -0.480 e. The number of hydrogen-bond acceptors (Lipinski definition) is 4. The van der Waals surface area contributed by atoms with Gasteiger partial charge in [0.1, 0.15) is 5.54 Å². The number of halogens is 1. The van der Waals surface area contributed by atoms with E-state index >= 15 is 0 Å². The van der Waals surface area contributed by atoms with Crippen molar-refractivity contribution in [3.8, 4) is 0 Å². The molecular formula is C15H18ClNO3S2. The molecule has 4 nitrogen and oxygen atoms in total. The quantitative estimate of drug-likeness (QED) is 0.763. The van der Waals surface area contributed by atoms with Crippen LogP contribution in [-0.2, 0) is 9.59 Å². The normalized spacial score (nSPS) is 17.0. The van der Waals surface area contributed by atoms with Gasteiger partial charge in [-0.1, -0.05) is 11.6 Å². The molecule has 0 unspecified atom stereocenters. The van der Waals surface area contributed by atoms with E-state index < -0.39 is 11.5 Å². The fourth-order valence-corrected chi connectivity index (χ4v) is 4.40. The van der Waals surface area contributed by atoms with Crippen LogP contribution in [0.4, 0.5) is 0 Å². The number of carbonyl (C=O) groups is 2. The van der Waals surface area contributed by atoms with E-state index in [1.807, 2.05) is 24.3 Å². The van der Waals surface area contributed by atoms with Gasteiger partial charge in [-0.15, -0.1) is 11.8 Å². The predicted molar refractivity (Wildman–Crippen MR) is 91.9 cm³/mol. The third kappa shape index (κ3) is 4.83. The van der Waals surface area contributed by atoms with Gasteiger partial charge in [-0.2, -0.15) is 11.8 Å². The van der Waals surface area contributed by atoms with Crippen LogP contribution >= 0.6 is 35.1 Å². The van der Waals surface area contributed by atoms with Crippen molar-refractivity contribution in [2.24, 2.45) is 0 Å². The van der Waals surface area contributed by atoms with Gasteiger partial charge in [0.2, 0.25) is 5.91 Å². The van der Waals surface area contributed by atoms with E-state index in [9.17, 15) is 14.7 Å². The Morgan fingerprint density at radius 1 is 1.27 bits per heavy atom. The minimum absolute atomic E-state index is 0.198. The lowest BCUT2D eigenvalue weighted by Crippen LogP contribution is -2.56. The molecule has 1 aliphatic rings. The van der Waals surface area contributed by atoms with Crippen LogP contribution in [0.15, 0.2) is 29.2 Å². The van der Waals surface area contributed by atoms with Gasteiger partial charge in [0, 0.05) is 22.1 Å². The molecule has 1 saturated heterocycles. The van der Waals surface area contributed by atoms with Crippen molar-refractivity contribution in [1.82, 2.24) is 5.32 Å². The molecule has 0 aliphatic carbocycles. The first-order valence-electron chi connectivity index (χ1n) is 7.02. The summed E-state index contributed by atoms with van der Waals surface area (Å²) in [5.74, 6) is 1.03. The lowest BCUT2D eigenvalue weighted by Gasteiger charge is -2.33. The van der Waals surface area contributed by atoms with Crippen molar-refractivity contribution >= 4 is 47.0 Å². The van der Waals surface area contributed by atoms with Gasteiger partial charge in [-0.3, -0.25) is 4.79 Å². The second kappa shape index (κ2) is 8.13. The Morgan fingerprint density at radius 2 is 1.91 bits per heavy atom. The molecular weight excluding hydrogens is 342 g/mol. The summed E-state index contributed by atoms with van der Waals surface area (Å²) in [5, 5.41) is 12.8. The molecule has 2 N–H and O–H groups in total. The van der Waals surface area contributed by atoms with Crippen molar-refractivity contribution in [3.05, 3.63) is 29.3 Å². The zero-order valence-corrected chi connectivity index (χ0v) is 14.4. The average molecular weight is 360 g/mol. The predicted octanol–water partition coefficient (Wildman–Crippen LogP) is 3.29. The molecule has 0 bridgehead atoms. The summed E-state index contributed by atoms with van der Waals surface area (Å²) in [6, 6.07) is 7.43. The number of aliphatic carboxylic acids is 1. The summed E-state index contributed by atoms with van der Waals surface area (Å²) in [6.07, 6.45) is 1.28. The zero-order valence-electron chi connectivity index (χ0n) is 12.0. The number of rotatable bonds is 6. The number of amides is 1. The number of hydrogen-bond donors (Lipinski definition) is 2. The number of carboxylic acid groups (broad SMARTS) is 1. The highest BCUT2D eigenvalue weighted by atomic mass is 35.5. The molecule has 1 aromatic rings. The van der Waals surface area contributed by atoms with Gasteiger partial charge in [-0.25, -0.2) is 4.79 Å². The van der Waals surface area contributed by atoms with Crippen molar-refractivity contribution in [2.75, 3.05) is 17.3 Å². The summed E-state index contributed by atoms with van der Waals surface area (Å²) in [6.45, 7) is 0. The van der Waals surface area contributed by atoms with Gasteiger partial charge < -0.3 is 10.4 Å². The molecule has 0 radical (unpaired) electrons. The van der Waals surface area contributed by atoms with E-state index in [4.69, 9.17) is 11.6 Å². The average Bonchev–Trinajstić information content (AvgIpc) is 2.50. The Morgan fingerprint density at radius 3 is 2.50 bits per heavy atom. The lowest BCUT2D eigenvalue weighted by molar-refractivity contribution is -0.148. The third-order valence-corrected chi connectivity index (χ3v) is 5.80. The van der Waals surface area contributed by atoms with E-state index in [0.717, 1.165) is 16.4 Å². The maximum absolute atomic E-state index is 12.0. The van der Waals surface area contributed by atoms with Gasteiger partial charge in [0.15, 0.2) is 0 Å². The van der Waals surface area contributed by atoms with Crippen LogP contribution in [0.1, 0.15) is 19.3 Å². The molecule has 0 saturated carbocycles. The van der Waals surface area contributed by atoms with Crippen molar-refractivity contribution < 1.29 is 14.7 Å². The van der Waals surface area contributed by atoms with Crippen LogP contribution in [0.25, 0.3) is 0 Å². The SMILES string of the molecule is O=C(CCSc1ccc(Cl)cc1)NC1(C(=O)O)CCSCC1. The second-order valence-electron chi connectivity index (χ2n) is 5.10. The largest absolute Gasteiger partial charge is 0.480 e. The standard InChI is InChI=1S/C15H18ClNO3S2/c16-11-1-3-12(4-2-11)22-8-5-13(18)17-15(14(19)20)6-9-21-10-7-15/h1-4H,5-10H2,(H,17,18)(H,19,20). The minimum atomic E-state index is -1.08. The van der Waals surface area contributed by atoms with E-state index in [-0.39, 0.29) is 5.91 Å². The molecule has 22 heavy (non-hydrogen) atoms. The second-order valence-corrected chi connectivity index (χ2v) is 7.93. The maximum Gasteiger partial charge on any atom is 0.329 e. The Kier molecular flexibility index (Phi) is 6.47. The van der Waals surface area contributed by atoms with Crippen LogP contribution < -0.4 is 5.32 Å². The number of carbonyl (C=O) groups excluding carboxylic acids is 1. The smallest absolute Gasteiger partial charge is 0.329 e. The Labute approximate surface area is 143 Å². The van der Waals surface area contributed by atoms with Crippen LogP contribution in [0, 0.1) is 0 Å². The summed E-state index contributed by atoms with van der Waals surface area (Å²) in [7, 11) is 0. The highest BCUT2D eigenvalue weighted by Gasteiger charge is 2.41. The molecule has 1 aromatic carbocycles. The first-order valence-corrected chi connectivity index (χ1v) is 9.54. The summed E-state index contributed by atoms with van der Waals surface area (Å²) < 4.78 is 0. The molecule has 0 aromatic heterocycles. The van der Waals surface area contributed by atoms with Crippen molar-refractivity contribution in [3.63, 3.8) is 0 Å². The van der Waals surface area contributed by atoms with Gasteiger partial charge in [0.25, 0.3) is 0 Å². The number of benzene rings is 1. The van der Waals surface area contributed by atoms with Crippen LogP contribution in [0.5, 0.6) is 0 Å². The number of carboxylic acids is 1. The topological polar surface area (TPSA) is 66.4 Å². The molecule has 1 amide bonds. The molecule has 1 aliphatic heterocycles. The van der Waals surface area contributed by atoms with E-state index in [1.54, 1.807) is 23.5 Å². The van der Waals surface area contributed by atoms with E-state index in [2.05, 4.69) is 5.32 Å². The Bertz CT molecular complexity index is 530. The van der Waals surface area contributed by atoms with E-state index in [0.29, 0.717) is 30.0 Å². The molecule has 0 spiro atoms. The summed E-state index contributed by atoms with van der Waals surface area (Å²) in [4.78, 5) is 24.6. The maximum atomic E-state index is 12.0. The van der Waals surface area contributed by atoms with Crippen molar-refractivity contribution in [2.45, 2.75) is 29.7 Å². The monoisotopic (exact) mass is 359 g/mol. The summed E-state index contributed by atoms with van der Waals surface area (Å²) >= 11 is 9.10. The fraction of sp³-hybridized carbons (Fsp3) is 0.467. The molecule has 0 atom stereocenters. The highest BCUT2D eigenvalue weighted by molar-refractivity contribution is 7.99.